The van der Waals surface area contributed by atoms with Crippen LogP contribution >= 0.6 is 11.3 Å². The first-order chi connectivity index (χ1) is 12.3. The number of hydrogen-bond donors (Lipinski definition) is 0. The van der Waals surface area contributed by atoms with Crippen molar-refractivity contribution in [3.05, 3.63) is 82.3 Å². The van der Waals surface area contributed by atoms with Crippen molar-refractivity contribution in [2.24, 2.45) is 0 Å². The summed E-state index contributed by atoms with van der Waals surface area (Å²) in [6.07, 6.45) is 0.858. The Balaban J connectivity index is 1.55. The summed E-state index contributed by atoms with van der Waals surface area (Å²) in [6, 6.07) is 20.8. The molecule has 0 aliphatic heterocycles. The number of nitrogens with zero attached hydrogens (tertiary/aromatic N) is 2. The molecule has 0 saturated heterocycles. The minimum Gasteiger partial charge on any atom is -0.492 e. The summed E-state index contributed by atoms with van der Waals surface area (Å²) in [5.74, 6) is 2.01. The van der Waals surface area contributed by atoms with Crippen LogP contribution in [0.1, 0.15) is 16.3 Å². The predicted octanol–water partition coefficient (Wildman–Crippen LogP) is 5.08. The maximum absolute atomic E-state index is 5.93. The number of para-hydroxylation sites is 2. The Hall–Kier alpha value is -2.59. The van der Waals surface area contributed by atoms with Crippen molar-refractivity contribution in [2.45, 2.75) is 19.9 Å². The molecule has 0 atom stereocenters. The molecule has 0 amide bonds. The second-order valence-corrected chi connectivity index (χ2v) is 7.12. The number of imidazole rings is 1. The smallest absolute Gasteiger partial charge is 0.119 e. The predicted molar refractivity (Wildman–Crippen MR) is 104 cm³/mol. The molecule has 0 bridgehead atoms. The quantitative estimate of drug-likeness (QED) is 0.486. The minimum atomic E-state index is 0.626. The van der Waals surface area contributed by atoms with Crippen LogP contribution in [-0.2, 0) is 13.0 Å². The van der Waals surface area contributed by atoms with E-state index in [-0.39, 0.29) is 0 Å². The van der Waals surface area contributed by atoms with E-state index in [1.165, 1.54) is 16.0 Å². The van der Waals surface area contributed by atoms with Crippen LogP contribution in [0.4, 0.5) is 0 Å². The van der Waals surface area contributed by atoms with Crippen LogP contribution in [0.2, 0.25) is 0 Å². The average Bonchev–Trinajstić information content (AvgIpc) is 3.25. The summed E-state index contributed by atoms with van der Waals surface area (Å²) in [6.45, 7) is 3.49. The summed E-state index contributed by atoms with van der Waals surface area (Å²) in [5, 5.41) is 2.11. The molecule has 2 heterocycles. The summed E-state index contributed by atoms with van der Waals surface area (Å²) in [7, 11) is 0. The van der Waals surface area contributed by atoms with E-state index < -0.39 is 0 Å². The van der Waals surface area contributed by atoms with Gasteiger partial charge in [0.05, 0.1) is 17.6 Å². The molecule has 0 N–H and O–H groups in total. The third-order valence-electron chi connectivity index (χ3n) is 4.25. The van der Waals surface area contributed by atoms with Crippen LogP contribution in [-0.4, -0.2) is 16.2 Å². The number of aryl methyl sites for hydroxylation is 1. The normalized spacial score (nSPS) is 11.1. The Morgan fingerprint density at radius 1 is 1.00 bits per heavy atom. The number of hydrogen-bond acceptors (Lipinski definition) is 3. The van der Waals surface area contributed by atoms with Gasteiger partial charge in [0.1, 0.15) is 18.2 Å². The summed E-state index contributed by atoms with van der Waals surface area (Å²) in [5.41, 5.74) is 3.46. The fourth-order valence-electron chi connectivity index (χ4n) is 2.97. The highest BCUT2D eigenvalue weighted by Gasteiger charge is 2.11. The fourth-order valence-corrected chi connectivity index (χ4v) is 3.67. The molecule has 0 spiro atoms. The van der Waals surface area contributed by atoms with Crippen molar-refractivity contribution < 1.29 is 4.74 Å². The lowest BCUT2D eigenvalue weighted by molar-refractivity contribution is 0.298. The van der Waals surface area contributed by atoms with Gasteiger partial charge in [0, 0.05) is 11.3 Å². The molecule has 0 aliphatic carbocycles. The van der Waals surface area contributed by atoms with Gasteiger partial charge >= 0.3 is 0 Å². The zero-order valence-corrected chi connectivity index (χ0v) is 15.0. The van der Waals surface area contributed by atoms with E-state index in [0.717, 1.165) is 30.1 Å². The molecule has 4 heteroatoms. The molecule has 0 radical (unpaired) electrons. The molecule has 0 aliphatic rings. The Labute approximate surface area is 151 Å². The first-order valence-electron chi connectivity index (χ1n) is 8.45. The lowest BCUT2D eigenvalue weighted by Crippen LogP contribution is -2.11. The SMILES string of the molecule is Cc1ccc(OCCn2c(Cc3cccs3)nc3ccccc32)cc1. The molecule has 2 aromatic carbocycles. The topological polar surface area (TPSA) is 27.1 Å². The highest BCUT2D eigenvalue weighted by atomic mass is 32.1. The lowest BCUT2D eigenvalue weighted by atomic mass is 10.2. The molecule has 2 aromatic heterocycles. The van der Waals surface area contributed by atoms with E-state index in [0.29, 0.717) is 6.61 Å². The number of ether oxygens (including phenoxy) is 1. The van der Waals surface area contributed by atoms with Crippen molar-refractivity contribution in [3.63, 3.8) is 0 Å². The Morgan fingerprint density at radius 2 is 1.84 bits per heavy atom. The van der Waals surface area contributed by atoms with E-state index in [9.17, 15) is 0 Å². The van der Waals surface area contributed by atoms with Gasteiger partial charge in [0.2, 0.25) is 0 Å². The minimum absolute atomic E-state index is 0.626. The van der Waals surface area contributed by atoms with Crippen molar-refractivity contribution in [2.75, 3.05) is 6.61 Å². The molecule has 0 unspecified atom stereocenters. The molecule has 0 fully saturated rings. The molecular weight excluding hydrogens is 328 g/mol. The third kappa shape index (κ3) is 3.59. The van der Waals surface area contributed by atoms with E-state index >= 15 is 0 Å². The van der Waals surface area contributed by atoms with Gasteiger partial charge in [-0.05, 0) is 42.6 Å². The first-order valence-corrected chi connectivity index (χ1v) is 9.33. The van der Waals surface area contributed by atoms with Crippen molar-refractivity contribution >= 4 is 22.4 Å². The molecule has 126 valence electrons. The summed E-state index contributed by atoms with van der Waals surface area (Å²) >= 11 is 1.77. The second kappa shape index (κ2) is 7.11. The maximum atomic E-state index is 5.93. The molecule has 25 heavy (non-hydrogen) atoms. The molecule has 0 saturated carbocycles. The fraction of sp³-hybridized carbons (Fsp3) is 0.190. The van der Waals surface area contributed by atoms with Crippen LogP contribution in [0.25, 0.3) is 11.0 Å². The van der Waals surface area contributed by atoms with Gasteiger partial charge in [0.15, 0.2) is 0 Å². The van der Waals surface area contributed by atoms with Crippen molar-refractivity contribution in [1.29, 1.82) is 0 Å². The molecule has 3 nitrogen and oxygen atoms in total. The largest absolute Gasteiger partial charge is 0.492 e. The molecule has 4 aromatic rings. The number of benzene rings is 2. The van der Waals surface area contributed by atoms with E-state index in [1.54, 1.807) is 11.3 Å². The van der Waals surface area contributed by atoms with Crippen LogP contribution in [0, 0.1) is 6.92 Å². The van der Waals surface area contributed by atoms with Crippen molar-refractivity contribution in [3.8, 4) is 5.75 Å². The van der Waals surface area contributed by atoms with Gasteiger partial charge < -0.3 is 9.30 Å². The van der Waals surface area contributed by atoms with Crippen LogP contribution in [0.3, 0.4) is 0 Å². The summed E-state index contributed by atoms with van der Waals surface area (Å²) < 4.78 is 8.21. The van der Waals surface area contributed by atoms with E-state index in [1.807, 2.05) is 18.2 Å². The van der Waals surface area contributed by atoms with E-state index in [2.05, 4.69) is 59.3 Å². The third-order valence-corrected chi connectivity index (χ3v) is 5.13. The Bertz CT molecular complexity index is 955. The van der Waals surface area contributed by atoms with Gasteiger partial charge in [-0.1, -0.05) is 35.9 Å². The van der Waals surface area contributed by atoms with Gasteiger partial charge in [-0.15, -0.1) is 11.3 Å². The monoisotopic (exact) mass is 348 g/mol. The Morgan fingerprint density at radius 3 is 2.64 bits per heavy atom. The number of rotatable bonds is 6. The maximum Gasteiger partial charge on any atom is 0.119 e. The van der Waals surface area contributed by atoms with Gasteiger partial charge in [0.25, 0.3) is 0 Å². The Kier molecular flexibility index (Phi) is 4.53. The highest BCUT2D eigenvalue weighted by Crippen LogP contribution is 2.21. The zero-order valence-electron chi connectivity index (χ0n) is 14.2. The number of fused-ring (bicyclic) bond motifs is 1. The van der Waals surface area contributed by atoms with E-state index in [4.69, 9.17) is 9.72 Å². The molecular formula is C21H20N2OS. The number of thiophene rings is 1. The van der Waals surface area contributed by atoms with Crippen LogP contribution in [0.5, 0.6) is 5.75 Å². The first kappa shape index (κ1) is 15.9. The standard InChI is InChI=1S/C21H20N2OS/c1-16-8-10-17(11-9-16)24-13-12-23-20-7-3-2-6-19(20)22-21(23)15-18-5-4-14-25-18/h2-11,14H,12-13,15H2,1H3. The van der Waals surface area contributed by atoms with Gasteiger partial charge in [-0.2, -0.15) is 0 Å². The van der Waals surface area contributed by atoms with Crippen LogP contribution in [0.15, 0.2) is 66.0 Å². The van der Waals surface area contributed by atoms with Gasteiger partial charge in [-0.3, -0.25) is 0 Å². The second-order valence-electron chi connectivity index (χ2n) is 6.09. The number of aromatic nitrogens is 2. The zero-order chi connectivity index (χ0) is 17.1. The average molecular weight is 348 g/mol. The molecule has 4 rings (SSSR count). The van der Waals surface area contributed by atoms with Gasteiger partial charge in [-0.25, -0.2) is 4.98 Å². The lowest BCUT2D eigenvalue weighted by Gasteiger charge is -2.11. The van der Waals surface area contributed by atoms with Crippen molar-refractivity contribution in [1.82, 2.24) is 9.55 Å². The van der Waals surface area contributed by atoms with Crippen LogP contribution < -0.4 is 4.74 Å². The highest BCUT2D eigenvalue weighted by molar-refractivity contribution is 7.09. The summed E-state index contributed by atoms with van der Waals surface area (Å²) in [4.78, 5) is 6.17.